The minimum absolute atomic E-state index is 0.804. The number of hydrazone groups is 1. The van der Waals surface area contributed by atoms with E-state index in [0.29, 0.717) is 0 Å². The van der Waals surface area contributed by atoms with E-state index < -0.39 is 0 Å². The molecule has 0 unspecified atom stereocenters. The number of aromatic nitrogens is 2. The largest absolute Gasteiger partial charge is 0.265 e. The van der Waals surface area contributed by atoms with Crippen LogP contribution in [0.25, 0.3) is 0 Å². The maximum absolute atomic E-state index is 4.22. The number of anilines is 1. The normalized spacial score (nSPS) is 10.7. The van der Waals surface area contributed by atoms with Gasteiger partial charge >= 0.3 is 0 Å². The highest BCUT2D eigenvalue weighted by atomic mass is 32.1. The molecule has 0 bridgehead atoms. The molecule has 1 N–H and O–H groups in total. The topological polar surface area (TPSA) is 50.2 Å². The van der Waals surface area contributed by atoms with Gasteiger partial charge in [0.05, 0.1) is 11.9 Å². The quantitative estimate of drug-likeness (QED) is 0.635. The van der Waals surface area contributed by atoms with Crippen molar-refractivity contribution >= 4 is 22.7 Å². The molecule has 0 saturated heterocycles. The molecule has 0 aliphatic heterocycles. The number of rotatable bonds is 3. The van der Waals surface area contributed by atoms with Crippen LogP contribution in [-0.2, 0) is 0 Å². The molecule has 2 aromatic heterocycles. The molecular weight excluding hydrogens is 208 g/mol. The van der Waals surface area contributed by atoms with Crippen LogP contribution in [0.1, 0.15) is 11.3 Å². The summed E-state index contributed by atoms with van der Waals surface area (Å²) in [7, 11) is 0. The highest BCUT2D eigenvalue weighted by molar-refractivity contribution is 7.13. The van der Waals surface area contributed by atoms with Gasteiger partial charge in [-0.2, -0.15) is 5.10 Å². The number of nitrogens with one attached hydrogen (secondary N) is 1. The van der Waals surface area contributed by atoms with Crippen molar-refractivity contribution in [1.29, 1.82) is 0 Å². The van der Waals surface area contributed by atoms with Crippen molar-refractivity contribution < 1.29 is 0 Å². The summed E-state index contributed by atoms with van der Waals surface area (Å²) >= 11 is 1.54. The van der Waals surface area contributed by atoms with Gasteiger partial charge in [-0.15, -0.1) is 11.3 Å². The lowest BCUT2D eigenvalue weighted by Crippen LogP contribution is -1.89. The Labute approximate surface area is 91.7 Å². The number of thiazole rings is 1. The van der Waals surface area contributed by atoms with Crippen LogP contribution in [0.15, 0.2) is 35.0 Å². The Kier molecular flexibility index (Phi) is 3.04. The monoisotopic (exact) mass is 218 g/mol. The van der Waals surface area contributed by atoms with Crippen molar-refractivity contribution in [3.05, 3.63) is 41.2 Å². The zero-order valence-electron chi connectivity index (χ0n) is 8.21. The molecule has 0 aliphatic carbocycles. The van der Waals surface area contributed by atoms with Crippen molar-refractivity contribution in [2.45, 2.75) is 6.92 Å². The molecule has 0 atom stereocenters. The van der Waals surface area contributed by atoms with Gasteiger partial charge in [0.25, 0.3) is 0 Å². The van der Waals surface area contributed by atoms with E-state index in [9.17, 15) is 0 Å². The third-order valence-electron chi connectivity index (χ3n) is 1.70. The fraction of sp³-hybridized carbons (Fsp3) is 0.100. The maximum atomic E-state index is 4.22. The molecule has 0 amide bonds. The summed E-state index contributed by atoms with van der Waals surface area (Å²) in [5.74, 6) is 0. The fourth-order valence-corrected chi connectivity index (χ4v) is 1.65. The first-order valence-electron chi connectivity index (χ1n) is 4.46. The van der Waals surface area contributed by atoms with Gasteiger partial charge in [-0.05, 0) is 24.6 Å². The molecule has 0 spiro atoms. The molecule has 15 heavy (non-hydrogen) atoms. The Bertz CT molecular complexity index is 449. The summed E-state index contributed by atoms with van der Waals surface area (Å²) in [5, 5.41) is 6.85. The standard InChI is InChI=1S/C10H10N4S/c1-8-7-15-10(13-8)14-12-6-9-2-4-11-5-3-9/h2-7H,1H3,(H,13,14)/b12-6+. The van der Waals surface area contributed by atoms with E-state index in [2.05, 4.69) is 20.5 Å². The summed E-state index contributed by atoms with van der Waals surface area (Å²) in [5.41, 5.74) is 4.88. The minimum atomic E-state index is 0.804. The van der Waals surface area contributed by atoms with Crippen LogP contribution >= 0.6 is 11.3 Å². The van der Waals surface area contributed by atoms with Crippen LogP contribution in [-0.4, -0.2) is 16.2 Å². The van der Waals surface area contributed by atoms with Gasteiger partial charge in [-0.1, -0.05) is 0 Å². The number of hydrogen-bond donors (Lipinski definition) is 1. The van der Waals surface area contributed by atoms with Crippen LogP contribution in [0.2, 0.25) is 0 Å². The van der Waals surface area contributed by atoms with Gasteiger partial charge in [0.15, 0.2) is 0 Å². The first-order valence-corrected chi connectivity index (χ1v) is 5.34. The predicted octanol–water partition coefficient (Wildman–Crippen LogP) is 2.29. The number of nitrogens with zero attached hydrogens (tertiary/aromatic N) is 3. The summed E-state index contributed by atoms with van der Waals surface area (Å²) in [6.45, 7) is 1.95. The molecule has 76 valence electrons. The fourth-order valence-electron chi connectivity index (χ4n) is 1.02. The van der Waals surface area contributed by atoms with E-state index in [1.165, 1.54) is 11.3 Å². The predicted molar refractivity (Wildman–Crippen MR) is 62.3 cm³/mol. The second-order valence-electron chi connectivity index (χ2n) is 2.94. The average molecular weight is 218 g/mol. The van der Waals surface area contributed by atoms with Gasteiger partial charge in [-0.3, -0.25) is 10.4 Å². The molecule has 2 heterocycles. The smallest absolute Gasteiger partial charge is 0.203 e. The number of pyridine rings is 1. The van der Waals surface area contributed by atoms with E-state index >= 15 is 0 Å². The molecule has 0 fully saturated rings. The maximum Gasteiger partial charge on any atom is 0.203 e. The SMILES string of the molecule is Cc1csc(N/N=C/c2ccncc2)n1. The molecule has 4 nitrogen and oxygen atoms in total. The van der Waals surface area contributed by atoms with Gasteiger partial charge < -0.3 is 0 Å². The van der Waals surface area contributed by atoms with Crippen molar-refractivity contribution in [2.24, 2.45) is 5.10 Å². The van der Waals surface area contributed by atoms with E-state index in [4.69, 9.17) is 0 Å². The van der Waals surface area contributed by atoms with Crippen LogP contribution in [0.3, 0.4) is 0 Å². The molecule has 0 aromatic carbocycles. The third-order valence-corrected chi connectivity index (χ3v) is 2.56. The summed E-state index contributed by atoms with van der Waals surface area (Å²) in [4.78, 5) is 8.15. The lowest BCUT2D eigenvalue weighted by atomic mass is 10.3. The molecule has 0 aliphatic rings. The zero-order chi connectivity index (χ0) is 10.5. The second kappa shape index (κ2) is 4.65. The van der Waals surface area contributed by atoms with Gasteiger partial charge in [0, 0.05) is 17.8 Å². The molecule has 5 heteroatoms. The highest BCUT2D eigenvalue weighted by Crippen LogP contribution is 2.13. The molecule has 2 rings (SSSR count). The average Bonchev–Trinajstić information content (AvgIpc) is 2.66. The van der Waals surface area contributed by atoms with Gasteiger partial charge in [-0.25, -0.2) is 4.98 Å². The molecular formula is C10H10N4S. The van der Waals surface area contributed by atoms with Gasteiger partial charge in [0.1, 0.15) is 0 Å². The van der Waals surface area contributed by atoms with Crippen molar-refractivity contribution in [3.8, 4) is 0 Å². The summed E-state index contributed by atoms with van der Waals surface area (Å²) < 4.78 is 0. The third kappa shape index (κ3) is 2.85. The lowest BCUT2D eigenvalue weighted by molar-refractivity contribution is 1.22. The Balaban J connectivity index is 1.96. The molecule has 0 radical (unpaired) electrons. The summed E-state index contributed by atoms with van der Waals surface area (Å²) in [6, 6.07) is 3.77. The van der Waals surface area contributed by atoms with E-state index in [0.717, 1.165) is 16.4 Å². The molecule has 0 saturated carbocycles. The van der Waals surface area contributed by atoms with Crippen LogP contribution in [0.4, 0.5) is 5.13 Å². The van der Waals surface area contributed by atoms with Gasteiger partial charge in [0.2, 0.25) is 5.13 Å². The van der Waals surface area contributed by atoms with E-state index in [-0.39, 0.29) is 0 Å². The minimum Gasteiger partial charge on any atom is -0.265 e. The van der Waals surface area contributed by atoms with Crippen molar-refractivity contribution in [1.82, 2.24) is 9.97 Å². The summed E-state index contributed by atoms with van der Waals surface area (Å²) in [6.07, 6.45) is 5.20. The van der Waals surface area contributed by atoms with E-state index in [1.54, 1.807) is 18.6 Å². The number of hydrogen-bond acceptors (Lipinski definition) is 5. The first kappa shape index (κ1) is 9.79. The Morgan fingerprint density at radius 2 is 2.20 bits per heavy atom. The van der Waals surface area contributed by atoms with Crippen molar-refractivity contribution in [2.75, 3.05) is 5.43 Å². The van der Waals surface area contributed by atoms with E-state index in [1.807, 2.05) is 24.4 Å². The Hall–Kier alpha value is -1.75. The van der Waals surface area contributed by atoms with Crippen LogP contribution in [0, 0.1) is 6.92 Å². The molecule has 2 aromatic rings. The second-order valence-corrected chi connectivity index (χ2v) is 3.80. The number of aryl methyl sites for hydroxylation is 1. The lowest BCUT2D eigenvalue weighted by Gasteiger charge is -1.92. The Morgan fingerprint density at radius 3 is 2.87 bits per heavy atom. The zero-order valence-corrected chi connectivity index (χ0v) is 9.03. The first-order chi connectivity index (χ1) is 7.34. The highest BCUT2D eigenvalue weighted by Gasteiger charge is 1.93. The Morgan fingerprint density at radius 1 is 1.40 bits per heavy atom. The van der Waals surface area contributed by atoms with Crippen LogP contribution in [0.5, 0.6) is 0 Å². The van der Waals surface area contributed by atoms with Crippen molar-refractivity contribution in [3.63, 3.8) is 0 Å². The van der Waals surface area contributed by atoms with Crippen LogP contribution < -0.4 is 5.43 Å².